The number of phenols is 1. The van der Waals surface area contributed by atoms with Crippen LogP contribution in [0.4, 0.5) is 18.9 Å². The Bertz CT molecular complexity index is 1570. The number of hydrogen-bond acceptors (Lipinski definition) is 10. The fourth-order valence-corrected chi connectivity index (χ4v) is 6.75. The van der Waals surface area contributed by atoms with E-state index in [4.69, 9.17) is 5.73 Å². The fourth-order valence-electron chi connectivity index (χ4n) is 6.75. The molecule has 3 aliphatic rings. The van der Waals surface area contributed by atoms with Crippen molar-refractivity contribution in [3.8, 4) is 11.5 Å². The van der Waals surface area contributed by atoms with Gasteiger partial charge in [-0.05, 0) is 48.1 Å². The first-order valence-electron chi connectivity index (χ1n) is 13.8. The van der Waals surface area contributed by atoms with Gasteiger partial charge in [0.1, 0.15) is 11.5 Å². The van der Waals surface area contributed by atoms with E-state index in [0.29, 0.717) is 22.4 Å². The van der Waals surface area contributed by atoms with Gasteiger partial charge in [-0.15, -0.1) is 13.2 Å². The molecule has 2 fully saturated rings. The lowest BCUT2D eigenvalue weighted by molar-refractivity contribution is -0.274. The van der Waals surface area contributed by atoms with Crippen LogP contribution in [0.25, 0.3) is 0 Å². The molecule has 234 valence electrons. The van der Waals surface area contributed by atoms with E-state index in [1.165, 1.54) is 24.3 Å². The Morgan fingerprint density at radius 2 is 1.75 bits per heavy atom. The molecule has 0 saturated heterocycles. The first kappa shape index (κ1) is 31.1. The van der Waals surface area contributed by atoms with Crippen LogP contribution in [0.2, 0.25) is 0 Å². The molecule has 11 nitrogen and oxygen atoms in total. The zero-order valence-electron chi connectivity index (χ0n) is 23.7. The topological polar surface area (TPSA) is 176 Å². The van der Waals surface area contributed by atoms with Crippen molar-refractivity contribution in [3.05, 3.63) is 52.6 Å². The number of benzene rings is 2. The number of ketones is 4. The van der Waals surface area contributed by atoms with Gasteiger partial charge in [0, 0.05) is 50.8 Å². The first-order chi connectivity index (χ1) is 20.5. The van der Waals surface area contributed by atoms with E-state index in [0.717, 1.165) is 0 Å². The number of Topliss-reactive ketones (excluding diaryl/α,β-unsaturated/α-hetero) is 4. The summed E-state index contributed by atoms with van der Waals surface area (Å²) >= 11 is 0. The molecule has 5 atom stereocenters. The van der Waals surface area contributed by atoms with Gasteiger partial charge in [-0.3, -0.25) is 24.0 Å². The number of anilines is 1. The molecular weight excluding hydrogens is 587 g/mol. The van der Waals surface area contributed by atoms with Gasteiger partial charge in [0.05, 0.1) is 11.5 Å². The molecule has 5 rings (SSSR count). The largest absolute Gasteiger partial charge is 0.573 e. The van der Waals surface area contributed by atoms with Crippen LogP contribution in [0.5, 0.6) is 11.5 Å². The van der Waals surface area contributed by atoms with E-state index >= 15 is 0 Å². The lowest BCUT2D eigenvalue weighted by Gasteiger charge is -2.48. The number of amides is 1. The van der Waals surface area contributed by atoms with Crippen LogP contribution in [0.1, 0.15) is 39.9 Å². The van der Waals surface area contributed by atoms with E-state index in [1.807, 2.05) is 0 Å². The highest BCUT2D eigenvalue weighted by atomic mass is 19.4. The van der Waals surface area contributed by atoms with Gasteiger partial charge >= 0.3 is 6.36 Å². The molecule has 1 amide bonds. The normalized spacial score (nSPS) is 26.5. The monoisotopic (exact) mass is 617 g/mol. The average molecular weight is 618 g/mol. The average Bonchev–Trinajstić information content (AvgIpc) is 2.91. The van der Waals surface area contributed by atoms with Crippen molar-refractivity contribution in [2.45, 2.75) is 44.3 Å². The summed E-state index contributed by atoms with van der Waals surface area (Å²) in [6.45, 7) is 0.219. The minimum absolute atomic E-state index is 0.00914. The highest BCUT2D eigenvalue weighted by Gasteiger charge is 2.66. The second kappa shape index (κ2) is 11.0. The molecule has 0 bridgehead atoms. The zero-order valence-corrected chi connectivity index (χ0v) is 23.7. The number of hydrogen-bond donors (Lipinski definition) is 4. The summed E-state index contributed by atoms with van der Waals surface area (Å²) in [5, 5.41) is 25.7. The van der Waals surface area contributed by atoms with Gasteiger partial charge in [-0.25, -0.2) is 0 Å². The Kier molecular flexibility index (Phi) is 7.79. The highest BCUT2D eigenvalue weighted by molar-refractivity contribution is 6.31. The number of halogens is 3. The minimum Gasteiger partial charge on any atom is -0.507 e. The number of alkyl halides is 3. The number of phenolic OH excluding ortho intramolecular Hbond substituents is 1. The second-order valence-corrected chi connectivity index (χ2v) is 11.7. The van der Waals surface area contributed by atoms with Crippen LogP contribution in [-0.2, 0) is 38.7 Å². The maximum atomic E-state index is 13.9. The molecule has 0 aliphatic heterocycles. The number of ether oxygens (including phenoxy) is 1. The predicted molar refractivity (Wildman–Crippen MR) is 146 cm³/mol. The molecule has 14 heteroatoms. The molecule has 2 aromatic rings. The number of carbonyl (C=O) groups is 5. The van der Waals surface area contributed by atoms with Crippen LogP contribution < -0.4 is 20.7 Å². The van der Waals surface area contributed by atoms with Crippen molar-refractivity contribution in [3.63, 3.8) is 0 Å². The Morgan fingerprint density at radius 1 is 1.09 bits per heavy atom. The smallest absolute Gasteiger partial charge is 0.507 e. The van der Waals surface area contributed by atoms with Gasteiger partial charge in [-0.1, -0.05) is 12.1 Å². The molecule has 3 aliphatic carbocycles. The standard InChI is InChI=1S/C30H30F3N3O8/c1-36(2)19-9-15(12-35-11-13-3-5-17(6-4-13)44-30(31,32)33)24(38)22-18(19)8-14-7-16-10-20(37)23(28(34)42)27(41)29(16,43)26(40)21(14)25(22)39/h3-6,9,14,16,21,23,35,38,43H,7-8,10-12H2,1-2H3,(H2,34,42)/t14-,16+,21?,23?,29+/m1/s1. The molecule has 0 aromatic heterocycles. The van der Waals surface area contributed by atoms with Crippen LogP contribution in [-0.4, -0.2) is 65.3 Å². The second-order valence-electron chi connectivity index (χ2n) is 11.7. The summed E-state index contributed by atoms with van der Waals surface area (Å²) in [6.07, 6.45) is -5.10. The molecule has 44 heavy (non-hydrogen) atoms. The van der Waals surface area contributed by atoms with Gasteiger partial charge in [0.2, 0.25) is 5.91 Å². The molecule has 0 heterocycles. The number of aromatic hydroxyl groups is 1. The summed E-state index contributed by atoms with van der Waals surface area (Å²) in [7, 11) is 3.47. The molecule has 2 aromatic carbocycles. The number of fused-ring (bicyclic) bond motifs is 3. The molecule has 2 unspecified atom stereocenters. The van der Waals surface area contributed by atoms with E-state index in [9.17, 15) is 47.4 Å². The van der Waals surface area contributed by atoms with Gasteiger partial charge in [0.25, 0.3) is 0 Å². The van der Waals surface area contributed by atoms with Gasteiger partial charge in [-0.2, -0.15) is 0 Å². The third kappa shape index (κ3) is 5.21. The number of primary amides is 1. The Hall–Kier alpha value is -4.30. The Morgan fingerprint density at radius 3 is 2.34 bits per heavy atom. The van der Waals surface area contributed by atoms with Gasteiger partial charge in [0.15, 0.2) is 34.7 Å². The van der Waals surface area contributed by atoms with Crippen molar-refractivity contribution in [2.24, 2.45) is 29.4 Å². The summed E-state index contributed by atoms with van der Waals surface area (Å²) in [5.74, 6) is -11.3. The van der Waals surface area contributed by atoms with Crippen molar-refractivity contribution >= 4 is 34.7 Å². The van der Waals surface area contributed by atoms with Crippen molar-refractivity contribution in [1.29, 1.82) is 0 Å². The SMILES string of the molecule is CN(C)c1cc(CNCc2ccc(OC(F)(F)F)cc2)c(O)c2c1C[C@H]1C[C@H]3CC(=O)C(C(N)=O)C(=O)[C@@]3(O)C(=O)C1C2=O. The number of nitrogens with one attached hydrogen (secondary N) is 1. The molecule has 0 spiro atoms. The van der Waals surface area contributed by atoms with Crippen molar-refractivity contribution in [2.75, 3.05) is 19.0 Å². The maximum absolute atomic E-state index is 13.9. The number of rotatable bonds is 7. The summed E-state index contributed by atoms with van der Waals surface area (Å²) < 4.78 is 41.2. The number of aliphatic hydroxyl groups is 1. The Balaban J connectivity index is 1.42. The quantitative estimate of drug-likeness (QED) is 0.334. The van der Waals surface area contributed by atoms with Gasteiger partial charge < -0.3 is 30.9 Å². The third-order valence-electron chi connectivity index (χ3n) is 8.74. The summed E-state index contributed by atoms with van der Waals surface area (Å²) in [6, 6.07) is 6.88. The van der Waals surface area contributed by atoms with E-state index in [1.54, 1.807) is 25.1 Å². The first-order valence-corrected chi connectivity index (χ1v) is 13.8. The van der Waals surface area contributed by atoms with E-state index < -0.39 is 76.8 Å². The number of nitrogens with two attached hydrogens (primary N) is 1. The molecular formula is C30H30F3N3O8. The summed E-state index contributed by atoms with van der Waals surface area (Å²) in [4.78, 5) is 66.9. The third-order valence-corrected chi connectivity index (χ3v) is 8.74. The van der Waals surface area contributed by atoms with Crippen LogP contribution >= 0.6 is 0 Å². The Labute approximate surface area is 249 Å². The van der Waals surface area contributed by atoms with Crippen LogP contribution in [0, 0.1) is 23.7 Å². The van der Waals surface area contributed by atoms with E-state index in [2.05, 4.69) is 10.1 Å². The zero-order chi connectivity index (χ0) is 32.3. The van der Waals surface area contributed by atoms with Crippen LogP contribution in [0.15, 0.2) is 30.3 Å². The lowest BCUT2D eigenvalue weighted by atomic mass is 9.53. The number of nitrogens with zero attached hydrogens (tertiary/aromatic N) is 1. The predicted octanol–water partition coefficient (Wildman–Crippen LogP) is 1.58. The lowest BCUT2D eigenvalue weighted by Crippen LogP contribution is -2.68. The maximum Gasteiger partial charge on any atom is 0.573 e. The van der Waals surface area contributed by atoms with E-state index in [-0.39, 0.29) is 37.2 Å². The summed E-state index contributed by atoms with van der Waals surface area (Å²) in [5.41, 5.74) is 4.35. The van der Waals surface area contributed by atoms with Crippen molar-refractivity contribution in [1.82, 2.24) is 5.32 Å². The molecule has 0 radical (unpaired) electrons. The minimum atomic E-state index is -4.82. The molecule has 2 saturated carbocycles. The molecule has 5 N–H and O–H groups in total. The highest BCUT2D eigenvalue weighted by Crippen LogP contribution is 2.51. The fraction of sp³-hybridized carbons (Fsp3) is 0.433. The van der Waals surface area contributed by atoms with Crippen LogP contribution in [0.3, 0.4) is 0 Å². The van der Waals surface area contributed by atoms with Crippen molar-refractivity contribution < 1.29 is 52.1 Å². The number of carbonyl (C=O) groups excluding carboxylic acids is 5.